The zero-order chi connectivity index (χ0) is 17.9. The van der Waals surface area contributed by atoms with Crippen molar-refractivity contribution >= 4 is 35.0 Å². The molecule has 0 aromatic heterocycles. The monoisotopic (exact) mass is 368 g/mol. The van der Waals surface area contributed by atoms with Gasteiger partial charge in [-0.2, -0.15) is 0 Å². The molecule has 26 heavy (non-hydrogen) atoms. The van der Waals surface area contributed by atoms with Crippen LogP contribution in [0, 0.1) is 0 Å². The molecule has 2 aliphatic rings. The smallest absolute Gasteiger partial charge is 0.262 e. The summed E-state index contributed by atoms with van der Waals surface area (Å²) >= 11 is 1.85. The van der Waals surface area contributed by atoms with E-state index in [1.165, 1.54) is 25.7 Å². The summed E-state index contributed by atoms with van der Waals surface area (Å²) in [6.07, 6.45) is 5.05. The first-order valence-electron chi connectivity index (χ1n) is 8.83. The second-order valence-electron chi connectivity index (χ2n) is 6.52. The van der Waals surface area contributed by atoms with Crippen molar-refractivity contribution < 1.29 is 14.3 Å². The van der Waals surface area contributed by atoms with Gasteiger partial charge in [-0.1, -0.05) is 25.0 Å². The van der Waals surface area contributed by atoms with Crippen molar-refractivity contribution in [2.75, 3.05) is 17.2 Å². The molecule has 0 atom stereocenters. The molecule has 0 spiro atoms. The number of hydrogen-bond donors (Lipinski definition) is 2. The third-order valence-corrected chi connectivity index (χ3v) is 6.02. The lowest BCUT2D eigenvalue weighted by atomic mass is 10.1. The van der Waals surface area contributed by atoms with E-state index in [2.05, 4.69) is 16.7 Å². The first-order valence-corrected chi connectivity index (χ1v) is 9.71. The van der Waals surface area contributed by atoms with Crippen LogP contribution in [0.2, 0.25) is 0 Å². The zero-order valence-corrected chi connectivity index (χ0v) is 15.1. The quantitative estimate of drug-likeness (QED) is 0.844. The summed E-state index contributed by atoms with van der Waals surface area (Å²) in [5.41, 5.74) is 1.93. The molecule has 0 saturated heterocycles. The van der Waals surface area contributed by atoms with Gasteiger partial charge in [0.2, 0.25) is 0 Å². The largest absolute Gasteiger partial charge is 0.482 e. The molecule has 2 amide bonds. The Morgan fingerprint density at radius 3 is 2.81 bits per heavy atom. The Labute approximate surface area is 156 Å². The van der Waals surface area contributed by atoms with Gasteiger partial charge < -0.3 is 15.4 Å². The van der Waals surface area contributed by atoms with Crippen molar-refractivity contribution in [2.24, 2.45) is 0 Å². The van der Waals surface area contributed by atoms with Crippen molar-refractivity contribution in [2.45, 2.75) is 35.8 Å². The lowest BCUT2D eigenvalue weighted by Gasteiger charge is -2.18. The van der Waals surface area contributed by atoms with Crippen LogP contribution in [-0.4, -0.2) is 23.7 Å². The second kappa shape index (κ2) is 7.41. The van der Waals surface area contributed by atoms with Crippen molar-refractivity contribution in [3.05, 3.63) is 48.0 Å². The SMILES string of the molecule is O=C1COc2cc(C(=O)Nc3ccccc3SC3CCCC3)ccc2N1. The molecular weight excluding hydrogens is 348 g/mol. The molecule has 4 rings (SSSR count). The number of benzene rings is 2. The highest BCUT2D eigenvalue weighted by atomic mass is 32.2. The Kier molecular flexibility index (Phi) is 4.84. The second-order valence-corrected chi connectivity index (χ2v) is 7.86. The predicted molar refractivity (Wildman–Crippen MR) is 103 cm³/mol. The third-order valence-electron chi connectivity index (χ3n) is 4.61. The molecule has 1 fully saturated rings. The van der Waals surface area contributed by atoms with Crippen molar-refractivity contribution in [1.29, 1.82) is 0 Å². The van der Waals surface area contributed by atoms with E-state index in [1.807, 2.05) is 30.0 Å². The molecule has 0 unspecified atom stereocenters. The Hall–Kier alpha value is -2.47. The van der Waals surface area contributed by atoms with Crippen molar-refractivity contribution in [3.8, 4) is 5.75 Å². The van der Waals surface area contributed by atoms with Gasteiger partial charge in [-0.25, -0.2) is 0 Å². The molecule has 5 nitrogen and oxygen atoms in total. The molecule has 2 N–H and O–H groups in total. The van der Waals surface area contributed by atoms with E-state index >= 15 is 0 Å². The van der Waals surface area contributed by atoms with Crippen molar-refractivity contribution in [3.63, 3.8) is 0 Å². The Morgan fingerprint density at radius 2 is 1.96 bits per heavy atom. The molecular formula is C20H20N2O3S. The molecule has 2 aromatic carbocycles. The van der Waals surface area contributed by atoms with Gasteiger partial charge in [0.05, 0.1) is 11.4 Å². The highest BCUT2D eigenvalue weighted by Crippen LogP contribution is 2.38. The number of anilines is 2. The number of rotatable bonds is 4. The summed E-state index contributed by atoms with van der Waals surface area (Å²) in [5, 5.41) is 6.37. The Morgan fingerprint density at radius 1 is 1.15 bits per heavy atom. The zero-order valence-electron chi connectivity index (χ0n) is 14.3. The van der Waals surface area contributed by atoms with Gasteiger partial charge >= 0.3 is 0 Å². The third kappa shape index (κ3) is 3.70. The average molecular weight is 368 g/mol. The Bertz CT molecular complexity index is 847. The fraction of sp³-hybridized carbons (Fsp3) is 0.300. The minimum Gasteiger partial charge on any atom is -0.482 e. The summed E-state index contributed by atoms with van der Waals surface area (Å²) in [7, 11) is 0. The van der Waals surface area contributed by atoms with E-state index < -0.39 is 0 Å². The van der Waals surface area contributed by atoms with Gasteiger partial charge in [-0.3, -0.25) is 9.59 Å². The number of amides is 2. The lowest BCUT2D eigenvalue weighted by Crippen LogP contribution is -2.25. The molecule has 6 heteroatoms. The van der Waals surface area contributed by atoms with Crippen molar-refractivity contribution in [1.82, 2.24) is 0 Å². The highest BCUT2D eigenvalue weighted by Gasteiger charge is 2.20. The van der Waals surface area contributed by atoms with Crippen LogP contribution < -0.4 is 15.4 Å². The number of carbonyl (C=O) groups excluding carboxylic acids is 2. The maximum absolute atomic E-state index is 12.7. The van der Waals surface area contributed by atoms with E-state index in [-0.39, 0.29) is 18.4 Å². The van der Waals surface area contributed by atoms with Crippen LogP contribution >= 0.6 is 11.8 Å². The summed E-state index contributed by atoms with van der Waals surface area (Å²) in [4.78, 5) is 25.1. The molecule has 134 valence electrons. The van der Waals surface area contributed by atoms with E-state index in [0.29, 0.717) is 22.3 Å². The van der Waals surface area contributed by atoms with Crippen LogP contribution in [0.15, 0.2) is 47.4 Å². The van der Waals surface area contributed by atoms with Gasteiger partial charge in [0.15, 0.2) is 6.61 Å². The number of fused-ring (bicyclic) bond motifs is 1. The standard InChI is InChI=1S/C20H20N2O3S/c23-19-12-25-17-11-13(9-10-15(17)21-19)20(24)22-16-7-3-4-8-18(16)26-14-5-1-2-6-14/h3-4,7-11,14H,1-2,5-6,12H2,(H,21,23)(H,22,24). The minimum absolute atomic E-state index is 0.0288. The van der Waals surface area contributed by atoms with Crippen LogP contribution in [0.25, 0.3) is 0 Å². The number of carbonyl (C=O) groups is 2. The number of hydrogen-bond acceptors (Lipinski definition) is 4. The molecule has 1 aliphatic carbocycles. The van der Waals surface area contributed by atoms with Crippen LogP contribution in [0.3, 0.4) is 0 Å². The van der Waals surface area contributed by atoms with Gasteiger partial charge in [0.25, 0.3) is 11.8 Å². The van der Waals surface area contributed by atoms with E-state index in [4.69, 9.17) is 4.74 Å². The molecule has 1 heterocycles. The molecule has 1 aliphatic heterocycles. The topological polar surface area (TPSA) is 67.4 Å². The fourth-order valence-electron chi connectivity index (χ4n) is 3.27. The summed E-state index contributed by atoms with van der Waals surface area (Å²) < 4.78 is 5.39. The van der Waals surface area contributed by atoms with Gasteiger partial charge in [-0.15, -0.1) is 11.8 Å². The minimum atomic E-state index is -0.187. The van der Waals surface area contributed by atoms with E-state index in [9.17, 15) is 9.59 Å². The molecule has 1 saturated carbocycles. The van der Waals surface area contributed by atoms with E-state index in [0.717, 1.165) is 10.6 Å². The van der Waals surface area contributed by atoms with Crippen LogP contribution in [-0.2, 0) is 4.79 Å². The fourth-order valence-corrected chi connectivity index (χ4v) is 4.60. The Balaban J connectivity index is 1.50. The summed E-state index contributed by atoms with van der Waals surface area (Å²) in [5.74, 6) is 0.145. The maximum atomic E-state index is 12.7. The summed E-state index contributed by atoms with van der Waals surface area (Å²) in [6, 6.07) is 13.0. The number of ether oxygens (including phenoxy) is 1. The number of thioether (sulfide) groups is 1. The van der Waals surface area contributed by atoms with Crippen LogP contribution in [0.5, 0.6) is 5.75 Å². The average Bonchev–Trinajstić information content (AvgIpc) is 3.16. The maximum Gasteiger partial charge on any atom is 0.262 e. The molecule has 0 radical (unpaired) electrons. The van der Waals surface area contributed by atoms with Crippen LogP contribution in [0.4, 0.5) is 11.4 Å². The lowest BCUT2D eigenvalue weighted by molar-refractivity contribution is -0.118. The predicted octanol–water partition coefficient (Wildman–Crippen LogP) is 4.30. The first kappa shape index (κ1) is 17.0. The van der Waals surface area contributed by atoms with Gasteiger partial charge in [0.1, 0.15) is 5.75 Å². The summed E-state index contributed by atoms with van der Waals surface area (Å²) in [6.45, 7) is -0.0288. The number of nitrogens with one attached hydrogen (secondary N) is 2. The first-order chi connectivity index (χ1) is 12.7. The van der Waals surface area contributed by atoms with E-state index in [1.54, 1.807) is 18.2 Å². The normalized spacial score (nSPS) is 16.5. The van der Waals surface area contributed by atoms with Gasteiger partial charge in [0, 0.05) is 15.7 Å². The van der Waals surface area contributed by atoms with Gasteiger partial charge in [-0.05, 0) is 43.2 Å². The molecule has 0 bridgehead atoms. The molecule has 2 aromatic rings. The van der Waals surface area contributed by atoms with Crippen LogP contribution in [0.1, 0.15) is 36.0 Å². The highest BCUT2D eigenvalue weighted by molar-refractivity contribution is 8.00. The number of para-hydroxylation sites is 1.